The summed E-state index contributed by atoms with van der Waals surface area (Å²) in [6, 6.07) is 1.89. The zero-order valence-electron chi connectivity index (χ0n) is 4.36. The summed E-state index contributed by atoms with van der Waals surface area (Å²) in [5, 5.41) is 4.85. The third kappa shape index (κ3) is 1.30. The van der Waals surface area contributed by atoms with Gasteiger partial charge in [-0.1, -0.05) is 0 Å². The van der Waals surface area contributed by atoms with Crippen molar-refractivity contribution >= 4 is 11.3 Å². The van der Waals surface area contributed by atoms with Gasteiger partial charge in [-0.2, -0.15) is 0 Å². The van der Waals surface area contributed by atoms with E-state index in [4.69, 9.17) is 0 Å². The van der Waals surface area contributed by atoms with Gasteiger partial charge in [-0.15, -0.1) is 11.3 Å². The smallest absolute Gasteiger partial charge is 0.0935 e. The maximum atomic E-state index is 11.5. The fraction of sp³-hybridized carbons (Fsp3) is 0.333. The number of thiophene rings is 1. The van der Waals surface area contributed by atoms with Crippen molar-refractivity contribution in [2.24, 2.45) is 0 Å². The van der Waals surface area contributed by atoms with E-state index >= 15 is 0 Å². The summed E-state index contributed by atoms with van der Waals surface area (Å²) in [7, 11) is 0. The number of alkyl halides is 1. The van der Waals surface area contributed by atoms with E-state index in [0.29, 0.717) is 6.42 Å². The molecule has 0 saturated carbocycles. The molecule has 1 aromatic heterocycles. The molecule has 0 aromatic carbocycles. The van der Waals surface area contributed by atoms with E-state index in [1.807, 2.05) is 11.4 Å². The van der Waals surface area contributed by atoms with Crippen LogP contribution in [0.3, 0.4) is 0 Å². The molecule has 0 atom stereocenters. The van der Waals surface area contributed by atoms with E-state index in [1.165, 1.54) is 11.3 Å². The third-order valence-corrected chi connectivity index (χ3v) is 1.54. The van der Waals surface area contributed by atoms with Crippen molar-refractivity contribution in [2.75, 3.05) is 6.67 Å². The van der Waals surface area contributed by atoms with Crippen molar-refractivity contribution in [3.63, 3.8) is 0 Å². The van der Waals surface area contributed by atoms with E-state index < -0.39 is 0 Å². The van der Waals surface area contributed by atoms with Crippen LogP contribution in [0.2, 0.25) is 0 Å². The van der Waals surface area contributed by atoms with E-state index in [2.05, 4.69) is 5.38 Å². The molecule has 2 heteroatoms. The van der Waals surface area contributed by atoms with Crippen molar-refractivity contribution in [1.82, 2.24) is 0 Å². The molecule has 8 heavy (non-hydrogen) atoms. The molecule has 43 valence electrons. The van der Waals surface area contributed by atoms with Gasteiger partial charge in [0, 0.05) is 11.8 Å². The van der Waals surface area contributed by atoms with E-state index in [0.717, 1.165) is 5.56 Å². The molecule has 0 unspecified atom stereocenters. The van der Waals surface area contributed by atoms with Gasteiger partial charge in [-0.25, -0.2) is 0 Å². The lowest BCUT2D eigenvalue weighted by atomic mass is 10.3. The van der Waals surface area contributed by atoms with E-state index in [9.17, 15) is 4.39 Å². The highest BCUT2D eigenvalue weighted by atomic mass is 32.1. The largest absolute Gasteiger partial charge is 0.251 e. The Hall–Kier alpha value is -0.370. The lowest BCUT2D eigenvalue weighted by molar-refractivity contribution is 0.495. The van der Waals surface area contributed by atoms with E-state index in [1.54, 1.807) is 0 Å². The average Bonchev–Trinajstić information content (AvgIpc) is 2.19. The van der Waals surface area contributed by atoms with Gasteiger partial charge in [0.1, 0.15) is 0 Å². The van der Waals surface area contributed by atoms with Gasteiger partial charge in [-0.3, -0.25) is 4.39 Å². The highest BCUT2D eigenvalue weighted by Crippen LogP contribution is 2.04. The summed E-state index contributed by atoms with van der Waals surface area (Å²) < 4.78 is 11.5. The van der Waals surface area contributed by atoms with Crippen LogP contribution in [0.15, 0.2) is 11.4 Å². The molecular formula is C6H6FS. The molecule has 0 aliphatic rings. The van der Waals surface area contributed by atoms with Gasteiger partial charge >= 0.3 is 0 Å². The zero-order chi connectivity index (χ0) is 5.82. The molecule has 0 spiro atoms. The Kier molecular flexibility index (Phi) is 2.03. The Labute approximate surface area is 52.0 Å². The van der Waals surface area contributed by atoms with Crippen LogP contribution in [0, 0.1) is 5.38 Å². The van der Waals surface area contributed by atoms with Crippen molar-refractivity contribution in [1.29, 1.82) is 0 Å². The minimum absolute atomic E-state index is 0.271. The van der Waals surface area contributed by atoms with Gasteiger partial charge in [0.2, 0.25) is 0 Å². The Morgan fingerprint density at radius 2 is 2.62 bits per heavy atom. The molecule has 0 amide bonds. The van der Waals surface area contributed by atoms with Crippen LogP contribution in [0.1, 0.15) is 5.56 Å². The van der Waals surface area contributed by atoms with Crippen LogP contribution in [-0.4, -0.2) is 6.67 Å². The van der Waals surface area contributed by atoms with Crippen LogP contribution in [-0.2, 0) is 6.42 Å². The minimum Gasteiger partial charge on any atom is -0.251 e. The first kappa shape index (κ1) is 5.76. The number of halogens is 1. The lowest BCUT2D eigenvalue weighted by Crippen LogP contribution is -1.80. The van der Waals surface area contributed by atoms with Crippen molar-refractivity contribution in [2.45, 2.75) is 6.42 Å². The first-order valence-electron chi connectivity index (χ1n) is 2.43. The summed E-state index contributed by atoms with van der Waals surface area (Å²) >= 11 is 1.49. The Balaban J connectivity index is 2.50. The molecular weight excluding hydrogens is 123 g/mol. The first-order chi connectivity index (χ1) is 3.93. The van der Waals surface area contributed by atoms with Gasteiger partial charge in [0.05, 0.1) is 6.67 Å². The fourth-order valence-corrected chi connectivity index (χ4v) is 1.12. The standard InChI is InChI=1S/C6H6FS/c7-3-1-6-2-4-8-5-6/h2,4H,1,3H2. The van der Waals surface area contributed by atoms with Crippen LogP contribution in [0.5, 0.6) is 0 Å². The van der Waals surface area contributed by atoms with Gasteiger partial charge in [0.15, 0.2) is 0 Å². The second kappa shape index (κ2) is 2.82. The number of aryl methyl sites for hydroxylation is 1. The number of hydrogen-bond donors (Lipinski definition) is 0. The molecule has 0 N–H and O–H groups in total. The molecule has 1 radical (unpaired) electrons. The normalized spacial score (nSPS) is 9.62. The molecule has 1 rings (SSSR count). The van der Waals surface area contributed by atoms with Gasteiger partial charge in [0.25, 0.3) is 0 Å². The second-order valence-corrected chi connectivity index (χ2v) is 2.20. The lowest BCUT2D eigenvalue weighted by Gasteiger charge is -1.83. The average molecular weight is 129 g/mol. The summed E-state index contributed by atoms with van der Waals surface area (Å²) in [5.74, 6) is 0. The quantitative estimate of drug-likeness (QED) is 0.573. The van der Waals surface area contributed by atoms with Crippen molar-refractivity contribution in [3.05, 3.63) is 22.4 Å². The predicted molar refractivity (Wildman–Crippen MR) is 32.8 cm³/mol. The summed E-state index contributed by atoms with van der Waals surface area (Å²) in [4.78, 5) is 0. The third-order valence-electron chi connectivity index (χ3n) is 0.891. The summed E-state index contributed by atoms with van der Waals surface area (Å²) in [6.07, 6.45) is 0.517. The monoisotopic (exact) mass is 129 g/mol. The Morgan fingerprint density at radius 3 is 3.12 bits per heavy atom. The molecule has 0 saturated heterocycles. The summed E-state index contributed by atoms with van der Waals surface area (Å²) in [6.45, 7) is -0.271. The highest BCUT2D eigenvalue weighted by molar-refractivity contribution is 7.07. The first-order valence-corrected chi connectivity index (χ1v) is 3.31. The molecule has 1 aromatic rings. The van der Waals surface area contributed by atoms with Crippen LogP contribution >= 0.6 is 11.3 Å². The van der Waals surface area contributed by atoms with Gasteiger partial charge < -0.3 is 0 Å². The van der Waals surface area contributed by atoms with Gasteiger partial charge in [-0.05, 0) is 17.0 Å². The summed E-state index contributed by atoms with van der Waals surface area (Å²) in [5.41, 5.74) is 0.984. The van der Waals surface area contributed by atoms with Crippen LogP contribution < -0.4 is 0 Å². The maximum Gasteiger partial charge on any atom is 0.0935 e. The SMILES string of the molecule is FCCc1[c]scc1. The van der Waals surface area contributed by atoms with Crippen LogP contribution in [0.4, 0.5) is 4.39 Å². The predicted octanol–water partition coefficient (Wildman–Crippen LogP) is 2.06. The molecule has 0 aliphatic heterocycles. The van der Waals surface area contributed by atoms with Crippen LogP contribution in [0.25, 0.3) is 0 Å². The molecule has 0 nitrogen and oxygen atoms in total. The topological polar surface area (TPSA) is 0 Å². The van der Waals surface area contributed by atoms with Crippen molar-refractivity contribution < 1.29 is 4.39 Å². The Morgan fingerprint density at radius 1 is 1.75 bits per heavy atom. The zero-order valence-corrected chi connectivity index (χ0v) is 5.17. The number of hydrogen-bond acceptors (Lipinski definition) is 1. The minimum atomic E-state index is -0.271. The maximum absolute atomic E-state index is 11.5. The molecule has 0 bridgehead atoms. The van der Waals surface area contributed by atoms with Crippen molar-refractivity contribution in [3.8, 4) is 0 Å². The number of rotatable bonds is 2. The molecule has 0 fully saturated rings. The fourth-order valence-electron chi connectivity index (χ4n) is 0.496. The second-order valence-electron chi connectivity index (χ2n) is 1.49. The van der Waals surface area contributed by atoms with E-state index in [-0.39, 0.29) is 6.67 Å². The Bertz CT molecular complexity index is 134. The molecule has 0 aliphatic carbocycles. The molecule has 1 heterocycles. The highest BCUT2D eigenvalue weighted by Gasteiger charge is 1.89.